The van der Waals surface area contributed by atoms with Crippen molar-refractivity contribution < 1.29 is 9.52 Å². The summed E-state index contributed by atoms with van der Waals surface area (Å²) in [6, 6.07) is 2.88. The van der Waals surface area contributed by atoms with Crippen molar-refractivity contribution in [2.75, 3.05) is 32.1 Å². The molecule has 6 nitrogen and oxygen atoms in total. The Balaban J connectivity index is 1.75. The molecule has 1 saturated heterocycles. The van der Waals surface area contributed by atoms with Crippen LogP contribution in [0.25, 0.3) is 16.7 Å². The number of aliphatic hydroxyl groups is 1. The molecule has 2 fully saturated rings. The van der Waals surface area contributed by atoms with Crippen LogP contribution in [0.15, 0.2) is 10.5 Å². The number of rotatable bonds is 4. The van der Waals surface area contributed by atoms with E-state index in [-0.39, 0.29) is 0 Å². The van der Waals surface area contributed by atoms with Crippen molar-refractivity contribution in [3.8, 4) is 6.07 Å². The lowest BCUT2D eigenvalue weighted by Crippen LogP contribution is -2.31. The molecule has 6 heteroatoms. The van der Waals surface area contributed by atoms with Gasteiger partial charge in [-0.1, -0.05) is 6.08 Å². The minimum Gasteiger partial charge on any atom is -0.438 e. The van der Waals surface area contributed by atoms with Crippen LogP contribution < -0.4 is 4.90 Å². The van der Waals surface area contributed by atoms with Crippen molar-refractivity contribution in [3.05, 3.63) is 28.7 Å². The summed E-state index contributed by atoms with van der Waals surface area (Å²) < 4.78 is 6.35. The van der Waals surface area contributed by atoms with Gasteiger partial charge < -0.3 is 19.3 Å². The van der Waals surface area contributed by atoms with Crippen molar-refractivity contribution in [2.24, 2.45) is 0 Å². The molecule has 1 aromatic carbocycles. The highest BCUT2D eigenvalue weighted by molar-refractivity contribution is 6.00. The van der Waals surface area contributed by atoms with Gasteiger partial charge in [0.05, 0.1) is 17.4 Å². The highest BCUT2D eigenvalue weighted by Gasteiger charge is 2.35. The second-order valence-corrected chi connectivity index (χ2v) is 8.99. The summed E-state index contributed by atoms with van der Waals surface area (Å²) in [5.74, 6) is 1.17. The quantitative estimate of drug-likeness (QED) is 0.857. The molecule has 0 bridgehead atoms. The van der Waals surface area contributed by atoms with E-state index in [2.05, 4.69) is 30.0 Å². The smallest absolute Gasteiger partial charge is 0.198 e. The summed E-state index contributed by atoms with van der Waals surface area (Å²) >= 11 is 0. The third kappa shape index (κ3) is 3.04. The van der Waals surface area contributed by atoms with E-state index in [1.807, 2.05) is 13.0 Å². The van der Waals surface area contributed by atoms with Crippen molar-refractivity contribution in [2.45, 2.75) is 57.1 Å². The third-order valence-electron chi connectivity index (χ3n) is 6.75. The molecule has 152 valence electrons. The summed E-state index contributed by atoms with van der Waals surface area (Å²) in [6.07, 6.45) is 6.41. The Kier molecular flexibility index (Phi) is 4.41. The molecular weight excluding hydrogens is 364 g/mol. The molecule has 2 heterocycles. The van der Waals surface area contributed by atoms with E-state index in [0.29, 0.717) is 23.0 Å². The number of aromatic nitrogens is 1. The highest BCUT2D eigenvalue weighted by Crippen LogP contribution is 2.47. The predicted molar refractivity (Wildman–Crippen MR) is 113 cm³/mol. The van der Waals surface area contributed by atoms with Crippen LogP contribution in [0.4, 0.5) is 5.69 Å². The fourth-order valence-corrected chi connectivity index (χ4v) is 4.87. The molecule has 2 atom stereocenters. The number of benzene rings is 1. The monoisotopic (exact) mass is 392 g/mol. The molecule has 2 aliphatic carbocycles. The standard InChI is InChI=1S/C23H28N4O2/c1-13-18(11-24)20-22(29-23(25-20)14-4-5-14)21(19(13)15-6-7-17(28)10-15)27-9-8-16(12-27)26(2)3/h10,14,16-17,28H,4-9,12H2,1-3H3. The van der Waals surface area contributed by atoms with Gasteiger partial charge in [0.2, 0.25) is 0 Å². The van der Waals surface area contributed by atoms with Crippen LogP contribution in [-0.2, 0) is 0 Å². The van der Waals surface area contributed by atoms with Crippen LogP contribution in [0.1, 0.15) is 60.6 Å². The van der Waals surface area contributed by atoms with Gasteiger partial charge in [-0.15, -0.1) is 0 Å². The van der Waals surface area contributed by atoms with Crippen molar-refractivity contribution >= 4 is 22.4 Å². The number of nitrogens with zero attached hydrogens (tertiary/aromatic N) is 4. The van der Waals surface area contributed by atoms with Crippen molar-refractivity contribution in [1.82, 2.24) is 9.88 Å². The van der Waals surface area contributed by atoms with E-state index in [0.717, 1.165) is 79.1 Å². The highest BCUT2D eigenvalue weighted by atomic mass is 16.4. The minimum atomic E-state index is -0.414. The first kappa shape index (κ1) is 18.7. The molecule has 2 unspecified atom stereocenters. The Bertz CT molecular complexity index is 1040. The Morgan fingerprint density at radius 3 is 2.66 bits per heavy atom. The molecule has 1 N–H and O–H groups in total. The zero-order valence-electron chi connectivity index (χ0n) is 17.4. The van der Waals surface area contributed by atoms with Crippen LogP contribution in [-0.4, -0.2) is 54.3 Å². The van der Waals surface area contributed by atoms with Crippen LogP contribution >= 0.6 is 0 Å². The normalized spacial score (nSPS) is 24.6. The molecule has 0 radical (unpaired) electrons. The van der Waals surface area contributed by atoms with E-state index in [9.17, 15) is 10.4 Å². The first-order valence-electron chi connectivity index (χ1n) is 10.7. The van der Waals surface area contributed by atoms with Gasteiger partial charge in [0.15, 0.2) is 11.5 Å². The second kappa shape index (κ2) is 6.86. The van der Waals surface area contributed by atoms with Gasteiger partial charge in [-0.05, 0) is 64.3 Å². The summed E-state index contributed by atoms with van der Waals surface area (Å²) in [5, 5.41) is 20.1. The lowest BCUT2D eigenvalue weighted by Gasteiger charge is -2.26. The molecule has 2 aromatic rings. The predicted octanol–water partition coefficient (Wildman–Crippen LogP) is 3.56. The number of nitriles is 1. The molecular formula is C23H28N4O2. The minimum absolute atomic E-state index is 0.395. The van der Waals surface area contributed by atoms with Gasteiger partial charge in [-0.25, -0.2) is 4.98 Å². The number of likely N-dealkylation sites (N-methyl/N-ethyl adjacent to an activating group) is 1. The number of hydrogen-bond donors (Lipinski definition) is 1. The molecule has 3 aliphatic rings. The van der Waals surface area contributed by atoms with E-state index < -0.39 is 6.10 Å². The Morgan fingerprint density at radius 1 is 1.28 bits per heavy atom. The van der Waals surface area contributed by atoms with Gasteiger partial charge in [0.1, 0.15) is 11.6 Å². The first-order chi connectivity index (χ1) is 14.0. The largest absolute Gasteiger partial charge is 0.438 e. The van der Waals surface area contributed by atoms with E-state index in [1.54, 1.807) is 0 Å². The van der Waals surface area contributed by atoms with Crippen molar-refractivity contribution in [3.63, 3.8) is 0 Å². The van der Waals surface area contributed by atoms with Crippen LogP contribution in [0.3, 0.4) is 0 Å². The molecule has 5 rings (SSSR count). The Morgan fingerprint density at radius 2 is 2.07 bits per heavy atom. The first-order valence-corrected chi connectivity index (χ1v) is 10.7. The summed E-state index contributed by atoms with van der Waals surface area (Å²) in [7, 11) is 4.26. The van der Waals surface area contributed by atoms with Gasteiger partial charge in [-0.2, -0.15) is 5.26 Å². The second-order valence-electron chi connectivity index (χ2n) is 8.99. The van der Waals surface area contributed by atoms with Gasteiger partial charge in [0, 0.05) is 30.6 Å². The van der Waals surface area contributed by atoms with Crippen molar-refractivity contribution in [1.29, 1.82) is 5.26 Å². The molecule has 1 aromatic heterocycles. The van der Waals surface area contributed by atoms with Crippen LogP contribution in [0.2, 0.25) is 0 Å². The molecule has 0 spiro atoms. The Labute approximate surface area is 171 Å². The van der Waals surface area contributed by atoms with Gasteiger partial charge in [-0.3, -0.25) is 0 Å². The fraction of sp³-hybridized carbons (Fsp3) is 0.565. The number of hydrogen-bond acceptors (Lipinski definition) is 6. The summed E-state index contributed by atoms with van der Waals surface area (Å²) in [5.41, 5.74) is 6.30. The number of fused-ring (bicyclic) bond motifs is 1. The number of aliphatic hydroxyl groups excluding tert-OH is 1. The maximum absolute atomic E-state index is 10.2. The number of allylic oxidation sites excluding steroid dienone is 1. The SMILES string of the molecule is Cc1c(C2=CC(O)CC2)c(N2CCC(N(C)C)C2)c2oc(C3CC3)nc2c1C#N. The van der Waals surface area contributed by atoms with Gasteiger partial charge >= 0.3 is 0 Å². The molecule has 1 saturated carbocycles. The topological polar surface area (TPSA) is 76.5 Å². The maximum atomic E-state index is 10.2. The lowest BCUT2D eigenvalue weighted by molar-refractivity contribution is 0.223. The zero-order chi connectivity index (χ0) is 20.3. The van der Waals surface area contributed by atoms with E-state index in [1.165, 1.54) is 0 Å². The van der Waals surface area contributed by atoms with Gasteiger partial charge in [0.25, 0.3) is 0 Å². The molecule has 0 amide bonds. The maximum Gasteiger partial charge on any atom is 0.198 e. The Hall–Kier alpha value is -2.36. The molecule has 1 aliphatic heterocycles. The average molecular weight is 393 g/mol. The van der Waals surface area contributed by atoms with Crippen LogP contribution in [0, 0.1) is 18.3 Å². The molecule has 29 heavy (non-hydrogen) atoms. The average Bonchev–Trinajstić information content (AvgIpc) is 3.07. The zero-order valence-corrected chi connectivity index (χ0v) is 17.4. The van der Waals surface area contributed by atoms with E-state index >= 15 is 0 Å². The van der Waals surface area contributed by atoms with Crippen LogP contribution in [0.5, 0.6) is 0 Å². The summed E-state index contributed by atoms with van der Waals surface area (Å²) in [4.78, 5) is 9.47. The van der Waals surface area contributed by atoms with E-state index in [4.69, 9.17) is 9.40 Å². The third-order valence-corrected chi connectivity index (χ3v) is 6.75. The summed E-state index contributed by atoms with van der Waals surface area (Å²) in [6.45, 7) is 3.90. The number of anilines is 1. The lowest BCUT2D eigenvalue weighted by atomic mass is 9.92. The number of oxazole rings is 1. The fourth-order valence-electron chi connectivity index (χ4n) is 4.87.